The van der Waals surface area contributed by atoms with E-state index in [1.807, 2.05) is 0 Å². The molecule has 1 fully saturated rings. The quantitative estimate of drug-likeness (QED) is 0.907. The summed E-state index contributed by atoms with van der Waals surface area (Å²) in [6.07, 6.45) is 5.24. The third kappa shape index (κ3) is 3.05. The van der Waals surface area contributed by atoms with E-state index >= 15 is 0 Å². The molecule has 2 unspecified atom stereocenters. The van der Waals surface area contributed by atoms with Gasteiger partial charge in [0.25, 0.3) is 0 Å². The first-order valence-corrected chi connectivity index (χ1v) is 9.46. The van der Waals surface area contributed by atoms with Gasteiger partial charge in [0.05, 0.1) is 23.4 Å². The third-order valence-electron chi connectivity index (χ3n) is 5.81. The van der Waals surface area contributed by atoms with E-state index in [0.717, 1.165) is 38.1 Å². The molecule has 6 heteroatoms. The lowest BCUT2D eigenvalue weighted by Crippen LogP contribution is -2.30. The zero-order chi connectivity index (χ0) is 18.3. The first-order valence-electron chi connectivity index (χ1n) is 9.46. The van der Waals surface area contributed by atoms with Crippen molar-refractivity contribution < 1.29 is 13.9 Å². The van der Waals surface area contributed by atoms with Crippen LogP contribution in [0.4, 0.5) is 8.78 Å². The molecule has 2 aromatic rings. The van der Waals surface area contributed by atoms with Gasteiger partial charge in [-0.2, -0.15) is 0 Å². The highest BCUT2D eigenvalue weighted by Crippen LogP contribution is 2.35. The van der Waals surface area contributed by atoms with Gasteiger partial charge in [0.2, 0.25) is 0 Å². The van der Waals surface area contributed by atoms with Gasteiger partial charge in [-0.1, -0.05) is 6.07 Å². The molecule has 1 aliphatic carbocycles. The molecule has 0 amide bonds. The van der Waals surface area contributed by atoms with Gasteiger partial charge in [-0.05, 0) is 57.2 Å². The van der Waals surface area contributed by atoms with Crippen molar-refractivity contribution in [3.8, 4) is 0 Å². The Morgan fingerprint density at radius 2 is 1.92 bits per heavy atom. The number of aryl methyl sites for hydroxylation is 1. The number of aliphatic hydroxyl groups excluding tert-OH is 1. The van der Waals surface area contributed by atoms with E-state index in [1.54, 1.807) is 0 Å². The molecule has 1 aliphatic heterocycles. The molecule has 26 heavy (non-hydrogen) atoms. The first kappa shape index (κ1) is 17.6. The summed E-state index contributed by atoms with van der Waals surface area (Å²) in [5.41, 5.74) is 2.28. The Morgan fingerprint density at radius 1 is 1.19 bits per heavy atom. The minimum Gasteiger partial charge on any atom is -0.387 e. The van der Waals surface area contributed by atoms with Crippen LogP contribution in [0.5, 0.6) is 0 Å². The van der Waals surface area contributed by atoms with E-state index in [-0.39, 0.29) is 18.2 Å². The summed E-state index contributed by atoms with van der Waals surface area (Å²) in [6.45, 7) is 1.01. The standard InChI is InChI=1S/C20H25F2N3O/c1-24-16-9-3-2-8-15(16)23-20(24)17-10-5-11-25(17)12-18(26)19-13(21)6-4-7-14(19)22/h4,6-7,17-18,26H,2-3,5,8-12H2,1H3. The average molecular weight is 361 g/mol. The largest absolute Gasteiger partial charge is 0.387 e. The van der Waals surface area contributed by atoms with Crippen LogP contribution in [0.1, 0.15) is 60.6 Å². The average Bonchev–Trinajstić information content (AvgIpc) is 3.19. The molecule has 0 saturated carbocycles. The van der Waals surface area contributed by atoms with Crippen LogP contribution in [0.25, 0.3) is 0 Å². The maximum absolute atomic E-state index is 14.0. The number of benzene rings is 1. The van der Waals surface area contributed by atoms with Crippen LogP contribution in [0, 0.1) is 11.6 Å². The molecule has 1 N–H and O–H groups in total. The van der Waals surface area contributed by atoms with E-state index in [1.165, 1.54) is 42.4 Å². The molecular weight excluding hydrogens is 336 g/mol. The van der Waals surface area contributed by atoms with Gasteiger partial charge in [-0.15, -0.1) is 0 Å². The van der Waals surface area contributed by atoms with Crippen molar-refractivity contribution in [1.82, 2.24) is 14.5 Å². The smallest absolute Gasteiger partial charge is 0.131 e. The summed E-state index contributed by atoms with van der Waals surface area (Å²) in [5.74, 6) is -0.364. The number of hydrogen-bond acceptors (Lipinski definition) is 3. The number of aromatic nitrogens is 2. The maximum atomic E-state index is 14.0. The highest BCUT2D eigenvalue weighted by molar-refractivity contribution is 5.24. The maximum Gasteiger partial charge on any atom is 0.131 e. The summed E-state index contributed by atoms with van der Waals surface area (Å²) in [4.78, 5) is 7.00. The van der Waals surface area contributed by atoms with Gasteiger partial charge in [-0.3, -0.25) is 4.90 Å². The topological polar surface area (TPSA) is 41.3 Å². The lowest BCUT2D eigenvalue weighted by molar-refractivity contribution is 0.0975. The van der Waals surface area contributed by atoms with E-state index in [2.05, 4.69) is 16.5 Å². The van der Waals surface area contributed by atoms with Crippen molar-refractivity contribution in [1.29, 1.82) is 0 Å². The second-order valence-electron chi connectivity index (χ2n) is 7.43. The number of aliphatic hydroxyl groups is 1. The minimum atomic E-state index is -1.19. The SMILES string of the molecule is Cn1c(C2CCCN2CC(O)c2c(F)cccc2F)nc2c1CCCC2. The Hall–Kier alpha value is -1.79. The van der Waals surface area contributed by atoms with Crippen molar-refractivity contribution >= 4 is 0 Å². The zero-order valence-corrected chi connectivity index (χ0v) is 15.1. The van der Waals surface area contributed by atoms with Crippen molar-refractivity contribution in [3.05, 3.63) is 52.6 Å². The van der Waals surface area contributed by atoms with Gasteiger partial charge < -0.3 is 9.67 Å². The zero-order valence-electron chi connectivity index (χ0n) is 15.1. The van der Waals surface area contributed by atoms with Gasteiger partial charge >= 0.3 is 0 Å². The van der Waals surface area contributed by atoms with Crippen LogP contribution in [-0.2, 0) is 19.9 Å². The van der Waals surface area contributed by atoms with E-state index < -0.39 is 17.7 Å². The first-order chi connectivity index (χ1) is 12.6. The minimum absolute atomic E-state index is 0.0927. The second kappa shape index (κ2) is 7.08. The van der Waals surface area contributed by atoms with Crippen molar-refractivity contribution in [2.45, 2.75) is 50.7 Å². The van der Waals surface area contributed by atoms with Crippen LogP contribution in [-0.4, -0.2) is 32.6 Å². The summed E-state index contributed by atoms with van der Waals surface area (Å²) in [5, 5.41) is 10.5. The number of β-amino-alcohol motifs (C(OH)–C–C–N with tert-alkyl or cyclic N) is 1. The molecule has 0 radical (unpaired) electrons. The van der Waals surface area contributed by atoms with Crippen molar-refractivity contribution in [2.75, 3.05) is 13.1 Å². The third-order valence-corrected chi connectivity index (χ3v) is 5.81. The van der Waals surface area contributed by atoms with Gasteiger partial charge in [0.1, 0.15) is 17.5 Å². The Labute approximate surface area is 152 Å². The molecule has 1 saturated heterocycles. The van der Waals surface area contributed by atoms with Gasteiger partial charge in [0, 0.05) is 19.3 Å². The predicted molar refractivity (Wildman–Crippen MR) is 94.7 cm³/mol. The molecule has 1 aromatic carbocycles. The molecule has 2 aliphatic rings. The van der Waals surface area contributed by atoms with Gasteiger partial charge in [0.15, 0.2) is 0 Å². The van der Waals surface area contributed by atoms with E-state index in [0.29, 0.717) is 0 Å². The van der Waals surface area contributed by atoms with Crippen LogP contribution in [0.3, 0.4) is 0 Å². The highest BCUT2D eigenvalue weighted by Gasteiger charge is 2.33. The predicted octanol–water partition coefficient (Wildman–Crippen LogP) is 3.45. The molecule has 140 valence electrons. The Kier molecular flexibility index (Phi) is 4.80. The normalized spacial score (nSPS) is 21.8. The number of nitrogens with zero attached hydrogens (tertiary/aromatic N) is 3. The number of hydrogen-bond donors (Lipinski definition) is 1. The molecule has 0 bridgehead atoms. The Morgan fingerprint density at radius 3 is 2.65 bits per heavy atom. The van der Waals surface area contributed by atoms with E-state index in [9.17, 15) is 13.9 Å². The highest BCUT2D eigenvalue weighted by atomic mass is 19.1. The fourth-order valence-electron chi connectivity index (χ4n) is 4.48. The second-order valence-corrected chi connectivity index (χ2v) is 7.43. The molecule has 4 rings (SSSR count). The monoisotopic (exact) mass is 361 g/mol. The molecule has 4 nitrogen and oxygen atoms in total. The summed E-state index contributed by atoms with van der Waals surface area (Å²) in [6, 6.07) is 3.79. The number of rotatable bonds is 4. The van der Waals surface area contributed by atoms with Crippen LogP contribution in [0.15, 0.2) is 18.2 Å². The fourth-order valence-corrected chi connectivity index (χ4v) is 4.48. The number of halogens is 2. The van der Waals surface area contributed by atoms with Gasteiger partial charge in [-0.25, -0.2) is 13.8 Å². The van der Waals surface area contributed by atoms with Crippen molar-refractivity contribution in [2.24, 2.45) is 7.05 Å². The lowest BCUT2D eigenvalue weighted by atomic mass is 10.0. The number of fused-ring (bicyclic) bond motifs is 1. The summed E-state index contributed by atoms with van der Waals surface area (Å²) >= 11 is 0. The van der Waals surface area contributed by atoms with E-state index in [4.69, 9.17) is 4.98 Å². The molecule has 0 spiro atoms. The van der Waals surface area contributed by atoms with Crippen molar-refractivity contribution in [3.63, 3.8) is 0 Å². The molecule has 2 atom stereocenters. The Balaban J connectivity index is 1.57. The molecule has 1 aromatic heterocycles. The summed E-state index contributed by atoms with van der Waals surface area (Å²) < 4.78 is 30.2. The molecular formula is C20H25F2N3O. The number of likely N-dealkylation sites (tertiary alicyclic amines) is 1. The number of imidazole rings is 1. The van der Waals surface area contributed by atoms with Crippen LogP contribution in [0.2, 0.25) is 0 Å². The lowest BCUT2D eigenvalue weighted by Gasteiger charge is -2.27. The Bertz CT molecular complexity index is 784. The fraction of sp³-hybridized carbons (Fsp3) is 0.550. The van der Waals surface area contributed by atoms with Crippen LogP contribution >= 0.6 is 0 Å². The molecule has 2 heterocycles. The summed E-state index contributed by atoms with van der Waals surface area (Å²) in [7, 11) is 2.07. The van der Waals surface area contributed by atoms with Crippen LogP contribution < -0.4 is 0 Å².